The summed E-state index contributed by atoms with van der Waals surface area (Å²) in [6.07, 6.45) is 1.60. The fourth-order valence-corrected chi connectivity index (χ4v) is 2.91. The van der Waals surface area contributed by atoms with E-state index in [1.54, 1.807) is 0 Å². The van der Waals surface area contributed by atoms with Crippen molar-refractivity contribution in [3.63, 3.8) is 0 Å². The van der Waals surface area contributed by atoms with Gasteiger partial charge in [-0.05, 0) is 46.5 Å². The Morgan fingerprint density at radius 3 is 2.18 bits per heavy atom. The molecule has 5 heteroatoms. The molecular formula is C12H23NO4. The fourth-order valence-electron chi connectivity index (χ4n) is 2.91. The molecule has 5 nitrogen and oxygen atoms in total. The number of hydrogen-bond acceptors (Lipinski definition) is 4. The Morgan fingerprint density at radius 2 is 1.76 bits per heavy atom. The molecule has 0 spiro atoms. The van der Waals surface area contributed by atoms with Crippen LogP contribution in [0.1, 0.15) is 40.5 Å². The molecule has 1 saturated heterocycles. The van der Waals surface area contributed by atoms with Crippen LogP contribution >= 0.6 is 0 Å². The third-order valence-corrected chi connectivity index (χ3v) is 3.30. The smallest absolute Gasteiger partial charge is 0.329 e. The van der Waals surface area contributed by atoms with Gasteiger partial charge in [0.25, 0.3) is 0 Å². The molecule has 2 N–H and O–H groups in total. The minimum atomic E-state index is -0.942. The Balaban J connectivity index is 2.56. The summed E-state index contributed by atoms with van der Waals surface area (Å²) in [5.74, 6) is -0.661. The summed E-state index contributed by atoms with van der Waals surface area (Å²) in [6.45, 7) is 8.12. The summed E-state index contributed by atoms with van der Waals surface area (Å²) >= 11 is 0. The number of carboxylic acids is 1. The molecule has 1 heterocycles. The number of ether oxygens (including phenoxy) is 1. The van der Waals surface area contributed by atoms with Gasteiger partial charge >= 0.3 is 5.97 Å². The first kappa shape index (κ1) is 14.4. The van der Waals surface area contributed by atoms with Gasteiger partial charge in [-0.1, -0.05) is 0 Å². The van der Waals surface area contributed by atoms with Gasteiger partial charge in [0.2, 0.25) is 0 Å². The third-order valence-electron chi connectivity index (χ3n) is 3.30. The van der Waals surface area contributed by atoms with Crippen molar-refractivity contribution in [3.8, 4) is 0 Å². The van der Waals surface area contributed by atoms with E-state index in [4.69, 9.17) is 9.84 Å². The average molecular weight is 245 g/mol. The lowest BCUT2D eigenvalue weighted by Crippen LogP contribution is -2.59. The van der Waals surface area contributed by atoms with Crippen molar-refractivity contribution in [2.24, 2.45) is 5.92 Å². The SMILES string of the molecule is CC1(C)CC(COCC(=O)O)CC(C)(C)N1O. The fraction of sp³-hybridized carbons (Fsp3) is 0.917. The van der Waals surface area contributed by atoms with E-state index < -0.39 is 5.97 Å². The summed E-state index contributed by atoms with van der Waals surface area (Å²) in [4.78, 5) is 10.4. The minimum absolute atomic E-state index is 0.250. The van der Waals surface area contributed by atoms with Gasteiger partial charge in [-0.25, -0.2) is 4.79 Å². The number of rotatable bonds is 4. The Morgan fingerprint density at radius 1 is 1.29 bits per heavy atom. The maximum absolute atomic E-state index is 10.4. The van der Waals surface area contributed by atoms with Crippen molar-refractivity contribution < 1.29 is 19.8 Å². The molecule has 1 fully saturated rings. The van der Waals surface area contributed by atoms with Gasteiger partial charge in [-0.3, -0.25) is 0 Å². The molecule has 0 aromatic rings. The molecule has 0 radical (unpaired) electrons. The lowest BCUT2D eigenvalue weighted by atomic mass is 9.76. The topological polar surface area (TPSA) is 70.0 Å². The van der Waals surface area contributed by atoms with Crippen LogP contribution in [0.25, 0.3) is 0 Å². The molecule has 0 aromatic heterocycles. The number of hydroxylamine groups is 2. The molecule has 0 amide bonds. The van der Waals surface area contributed by atoms with Crippen molar-refractivity contribution in [1.29, 1.82) is 0 Å². The summed E-state index contributed by atoms with van der Waals surface area (Å²) in [5.41, 5.74) is -0.613. The number of hydrogen-bond donors (Lipinski definition) is 2. The van der Waals surface area contributed by atoms with Gasteiger partial charge in [0.05, 0.1) is 6.61 Å². The predicted molar refractivity (Wildman–Crippen MR) is 63.0 cm³/mol. The first-order chi connectivity index (χ1) is 7.65. The Hall–Kier alpha value is -0.650. The van der Waals surface area contributed by atoms with Crippen molar-refractivity contribution >= 4 is 5.97 Å². The van der Waals surface area contributed by atoms with E-state index in [0.29, 0.717) is 6.61 Å². The largest absolute Gasteiger partial charge is 0.480 e. The highest BCUT2D eigenvalue weighted by Gasteiger charge is 2.44. The highest BCUT2D eigenvalue weighted by molar-refractivity contribution is 5.67. The Labute approximate surface area is 102 Å². The zero-order valence-corrected chi connectivity index (χ0v) is 11.1. The van der Waals surface area contributed by atoms with Gasteiger partial charge in [0, 0.05) is 11.1 Å². The number of carboxylic acid groups (broad SMARTS) is 1. The second kappa shape index (κ2) is 4.92. The normalized spacial score (nSPS) is 24.8. The molecule has 1 aliphatic heterocycles. The van der Waals surface area contributed by atoms with Crippen LogP contribution in [-0.2, 0) is 9.53 Å². The maximum Gasteiger partial charge on any atom is 0.329 e. The Bertz CT molecular complexity index is 270. The van der Waals surface area contributed by atoms with Crippen LogP contribution in [-0.4, -0.2) is 45.6 Å². The summed E-state index contributed by atoms with van der Waals surface area (Å²) in [6, 6.07) is 0. The van der Waals surface area contributed by atoms with Crippen LogP contribution in [0.4, 0.5) is 0 Å². The second-order valence-electron chi connectivity index (χ2n) is 6.12. The van der Waals surface area contributed by atoms with Crippen LogP contribution in [0.15, 0.2) is 0 Å². The van der Waals surface area contributed by atoms with Crippen LogP contribution in [0.5, 0.6) is 0 Å². The molecule has 0 atom stereocenters. The molecule has 0 bridgehead atoms. The maximum atomic E-state index is 10.4. The first-order valence-electron chi connectivity index (χ1n) is 5.94. The summed E-state index contributed by atoms with van der Waals surface area (Å²) in [5, 5.41) is 20.0. The van der Waals surface area contributed by atoms with Crippen molar-refractivity contribution in [2.45, 2.75) is 51.6 Å². The van der Waals surface area contributed by atoms with E-state index in [2.05, 4.69) is 0 Å². The van der Waals surface area contributed by atoms with Crippen molar-refractivity contribution in [3.05, 3.63) is 0 Å². The standard InChI is InChI=1S/C12H23NO4/c1-11(2)5-9(7-17-8-10(14)15)6-12(3,4)13(11)16/h9,16H,5-8H2,1-4H3,(H,14,15). The molecule has 17 heavy (non-hydrogen) atoms. The highest BCUT2D eigenvalue weighted by atomic mass is 16.5. The predicted octanol–water partition coefficient (Wildman–Crippen LogP) is 1.75. The zero-order valence-electron chi connectivity index (χ0n) is 11.1. The number of piperidine rings is 1. The van der Waals surface area contributed by atoms with E-state index >= 15 is 0 Å². The molecule has 0 aromatic carbocycles. The van der Waals surface area contributed by atoms with E-state index in [1.165, 1.54) is 5.06 Å². The number of aliphatic carboxylic acids is 1. The van der Waals surface area contributed by atoms with E-state index in [1.807, 2.05) is 27.7 Å². The molecular weight excluding hydrogens is 222 g/mol. The van der Waals surface area contributed by atoms with Gasteiger partial charge < -0.3 is 15.1 Å². The third kappa shape index (κ3) is 3.66. The highest BCUT2D eigenvalue weighted by Crippen LogP contribution is 2.39. The van der Waals surface area contributed by atoms with E-state index in [9.17, 15) is 10.0 Å². The van der Waals surface area contributed by atoms with Crippen molar-refractivity contribution in [2.75, 3.05) is 13.2 Å². The van der Waals surface area contributed by atoms with Gasteiger partial charge in [-0.15, -0.1) is 0 Å². The molecule has 0 saturated carbocycles. The lowest BCUT2D eigenvalue weighted by Gasteiger charge is -2.51. The van der Waals surface area contributed by atoms with Crippen LogP contribution in [0.2, 0.25) is 0 Å². The Kier molecular flexibility index (Phi) is 4.17. The molecule has 0 aliphatic carbocycles. The minimum Gasteiger partial charge on any atom is -0.480 e. The number of carbonyl (C=O) groups is 1. The second-order valence-corrected chi connectivity index (χ2v) is 6.12. The van der Waals surface area contributed by atoms with Gasteiger partial charge in [0.15, 0.2) is 0 Å². The zero-order chi connectivity index (χ0) is 13.3. The molecule has 1 aliphatic rings. The van der Waals surface area contributed by atoms with E-state index in [-0.39, 0.29) is 23.6 Å². The van der Waals surface area contributed by atoms with Gasteiger partial charge in [-0.2, -0.15) is 5.06 Å². The van der Waals surface area contributed by atoms with Crippen LogP contribution < -0.4 is 0 Å². The number of nitrogens with zero attached hydrogens (tertiary/aromatic N) is 1. The van der Waals surface area contributed by atoms with Crippen molar-refractivity contribution in [1.82, 2.24) is 5.06 Å². The molecule has 0 unspecified atom stereocenters. The van der Waals surface area contributed by atoms with Crippen LogP contribution in [0.3, 0.4) is 0 Å². The lowest BCUT2D eigenvalue weighted by molar-refractivity contribution is -0.253. The molecule has 100 valence electrons. The van der Waals surface area contributed by atoms with Crippen LogP contribution in [0, 0.1) is 5.92 Å². The monoisotopic (exact) mass is 245 g/mol. The van der Waals surface area contributed by atoms with Gasteiger partial charge in [0.1, 0.15) is 6.61 Å². The molecule has 1 rings (SSSR count). The summed E-state index contributed by atoms with van der Waals surface area (Å²) < 4.78 is 5.16. The quantitative estimate of drug-likeness (QED) is 0.789. The van der Waals surface area contributed by atoms with E-state index in [0.717, 1.165) is 12.8 Å². The summed E-state index contributed by atoms with van der Waals surface area (Å²) in [7, 11) is 0. The average Bonchev–Trinajstić information content (AvgIpc) is 2.12. The first-order valence-corrected chi connectivity index (χ1v) is 5.94.